The summed E-state index contributed by atoms with van der Waals surface area (Å²) < 4.78 is 19.1. The van der Waals surface area contributed by atoms with E-state index >= 15 is 0 Å². The smallest absolute Gasteiger partial charge is 0.131 e. The molecule has 0 amide bonds. The van der Waals surface area contributed by atoms with E-state index in [2.05, 4.69) is 15.9 Å². The first-order valence-corrected chi connectivity index (χ1v) is 6.90. The van der Waals surface area contributed by atoms with Gasteiger partial charge in [-0.3, -0.25) is 0 Å². The quantitative estimate of drug-likeness (QED) is 0.721. The lowest BCUT2D eigenvalue weighted by Gasteiger charge is -2.08. The van der Waals surface area contributed by atoms with Crippen molar-refractivity contribution in [1.82, 2.24) is 0 Å². The molecule has 18 heavy (non-hydrogen) atoms. The SMILES string of the molecule is Fc1cc(Cl)ccc1COc1cccc(CBr)c1. The van der Waals surface area contributed by atoms with Gasteiger partial charge in [-0.05, 0) is 29.8 Å². The lowest BCUT2D eigenvalue weighted by Crippen LogP contribution is -1.98. The van der Waals surface area contributed by atoms with Gasteiger partial charge in [-0.25, -0.2) is 4.39 Å². The summed E-state index contributed by atoms with van der Waals surface area (Å²) in [5.41, 5.74) is 1.60. The van der Waals surface area contributed by atoms with Crippen molar-refractivity contribution >= 4 is 27.5 Å². The molecular weight excluding hydrogens is 319 g/mol. The van der Waals surface area contributed by atoms with E-state index in [1.807, 2.05) is 24.3 Å². The lowest BCUT2D eigenvalue weighted by molar-refractivity contribution is 0.299. The normalized spacial score (nSPS) is 10.4. The van der Waals surface area contributed by atoms with E-state index in [1.165, 1.54) is 6.07 Å². The van der Waals surface area contributed by atoms with Crippen LogP contribution in [0.15, 0.2) is 42.5 Å². The van der Waals surface area contributed by atoms with Crippen LogP contribution >= 0.6 is 27.5 Å². The van der Waals surface area contributed by atoms with Gasteiger partial charge in [-0.15, -0.1) is 0 Å². The molecule has 0 fully saturated rings. The maximum atomic E-state index is 13.5. The third-order valence-corrected chi connectivity index (χ3v) is 3.34. The first kappa shape index (κ1) is 13.4. The molecule has 0 N–H and O–H groups in total. The van der Waals surface area contributed by atoms with E-state index in [0.29, 0.717) is 10.6 Å². The predicted molar refractivity (Wildman–Crippen MR) is 74.8 cm³/mol. The lowest BCUT2D eigenvalue weighted by atomic mass is 10.2. The second-order valence-electron chi connectivity index (χ2n) is 3.81. The minimum Gasteiger partial charge on any atom is -0.489 e. The molecule has 0 aliphatic rings. The van der Waals surface area contributed by atoms with Crippen LogP contribution in [-0.4, -0.2) is 0 Å². The Bertz CT molecular complexity index is 545. The Hall–Kier alpha value is -1.06. The average molecular weight is 330 g/mol. The van der Waals surface area contributed by atoms with Crippen LogP contribution in [0.25, 0.3) is 0 Å². The first-order chi connectivity index (χ1) is 8.69. The van der Waals surface area contributed by atoms with Crippen molar-refractivity contribution in [3.63, 3.8) is 0 Å². The molecule has 0 aromatic heterocycles. The summed E-state index contributed by atoms with van der Waals surface area (Å²) in [6.07, 6.45) is 0. The van der Waals surface area contributed by atoms with Crippen LogP contribution < -0.4 is 4.74 Å². The highest BCUT2D eigenvalue weighted by atomic mass is 79.9. The fraction of sp³-hybridized carbons (Fsp3) is 0.143. The molecular formula is C14H11BrClFO. The standard InChI is InChI=1S/C14H11BrClFO/c15-8-10-2-1-3-13(6-10)18-9-11-4-5-12(16)7-14(11)17/h1-7H,8-9H2. The van der Waals surface area contributed by atoms with Crippen molar-refractivity contribution in [2.45, 2.75) is 11.9 Å². The van der Waals surface area contributed by atoms with Crippen molar-refractivity contribution in [1.29, 1.82) is 0 Å². The zero-order chi connectivity index (χ0) is 13.0. The van der Waals surface area contributed by atoms with Crippen LogP contribution in [0.2, 0.25) is 5.02 Å². The summed E-state index contributed by atoms with van der Waals surface area (Å²) in [6, 6.07) is 12.2. The summed E-state index contributed by atoms with van der Waals surface area (Å²) in [4.78, 5) is 0. The maximum absolute atomic E-state index is 13.5. The molecule has 0 aliphatic heterocycles. The van der Waals surface area contributed by atoms with Gasteiger partial charge in [0.1, 0.15) is 18.2 Å². The Kier molecular flexibility index (Phi) is 4.61. The summed E-state index contributed by atoms with van der Waals surface area (Å²) >= 11 is 9.06. The molecule has 0 aliphatic carbocycles. The van der Waals surface area contributed by atoms with Crippen molar-refractivity contribution in [3.8, 4) is 5.75 Å². The van der Waals surface area contributed by atoms with Crippen molar-refractivity contribution in [3.05, 3.63) is 64.4 Å². The molecule has 94 valence electrons. The fourth-order valence-corrected chi connectivity index (χ4v) is 2.03. The minimum absolute atomic E-state index is 0.189. The van der Waals surface area contributed by atoms with Gasteiger partial charge in [0.15, 0.2) is 0 Å². The molecule has 2 aromatic carbocycles. The number of rotatable bonds is 4. The highest BCUT2D eigenvalue weighted by molar-refractivity contribution is 9.08. The molecule has 0 heterocycles. The van der Waals surface area contributed by atoms with Crippen LogP contribution in [-0.2, 0) is 11.9 Å². The van der Waals surface area contributed by atoms with Gasteiger partial charge in [0.25, 0.3) is 0 Å². The van der Waals surface area contributed by atoms with E-state index in [9.17, 15) is 4.39 Å². The monoisotopic (exact) mass is 328 g/mol. The van der Waals surface area contributed by atoms with E-state index in [1.54, 1.807) is 12.1 Å². The Morgan fingerprint density at radius 3 is 2.72 bits per heavy atom. The Labute approximate surface area is 119 Å². The number of ether oxygens (including phenoxy) is 1. The molecule has 0 saturated heterocycles. The Balaban J connectivity index is 2.06. The average Bonchev–Trinajstić information content (AvgIpc) is 2.38. The number of halogens is 3. The van der Waals surface area contributed by atoms with Gasteiger partial charge >= 0.3 is 0 Å². The maximum Gasteiger partial charge on any atom is 0.131 e. The molecule has 0 saturated carbocycles. The molecule has 2 aromatic rings. The number of hydrogen-bond acceptors (Lipinski definition) is 1. The first-order valence-electron chi connectivity index (χ1n) is 5.40. The second kappa shape index (κ2) is 6.21. The predicted octanol–water partition coefficient (Wildman–Crippen LogP) is 4.95. The molecule has 0 atom stereocenters. The van der Waals surface area contributed by atoms with Gasteiger partial charge in [0.2, 0.25) is 0 Å². The zero-order valence-electron chi connectivity index (χ0n) is 9.50. The topological polar surface area (TPSA) is 9.23 Å². The molecule has 1 nitrogen and oxygen atoms in total. The molecule has 2 rings (SSSR count). The van der Waals surface area contributed by atoms with E-state index < -0.39 is 0 Å². The summed E-state index contributed by atoms with van der Waals surface area (Å²) in [6.45, 7) is 0.189. The summed E-state index contributed by atoms with van der Waals surface area (Å²) in [7, 11) is 0. The largest absolute Gasteiger partial charge is 0.489 e. The van der Waals surface area contributed by atoms with Gasteiger partial charge in [0.05, 0.1) is 0 Å². The van der Waals surface area contributed by atoms with E-state index in [0.717, 1.165) is 16.6 Å². The molecule has 0 radical (unpaired) electrons. The van der Waals surface area contributed by atoms with Crippen LogP contribution in [0, 0.1) is 5.82 Å². The van der Waals surface area contributed by atoms with Crippen LogP contribution in [0.5, 0.6) is 5.75 Å². The van der Waals surface area contributed by atoms with Gasteiger partial charge in [0, 0.05) is 15.9 Å². The summed E-state index contributed by atoms with van der Waals surface area (Å²) in [5.74, 6) is 0.375. The Morgan fingerprint density at radius 1 is 1.17 bits per heavy atom. The van der Waals surface area contributed by atoms with Crippen molar-refractivity contribution in [2.75, 3.05) is 0 Å². The van der Waals surface area contributed by atoms with E-state index in [4.69, 9.17) is 16.3 Å². The van der Waals surface area contributed by atoms with E-state index in [-0.39, 0.29) is 12.4 Å². The number of hydrogen-bond donors (Lipinski definition) is 0. The highest BCUT2D eigenvalue weighted by Crippen LogP contribution is 2.19. The Morgan fingerprint density at radius 2 is 2.00 bits per heavy atom. The molecule has 0 unspecified atom stereocenters. The molecule has 0 bridgehead atoms. The van der Waals surface area contributed by atoms with Crippen LogP contribution in [0.1, 0.15) is 11.1 Å². The zero-order valence-corrected chi connectivity index (χ0v) is 11.8. The minimum atomic E-state index is -0.348. The second-order valence-corrected chi connectivity index (χ2v) is 4.80. The molecule has 0 spiro atoms. The van der Waals surface area contributed by atoms with Crippen molar-refractivity contribution in [2.24, 2.45) is 0 Å². The van der Waals surface area contributed by atoms with Crippen LogP contribution in [0.4, 0.5) is 4.39 Å². The van der Waals surface area contributed by atoms with Gasteiger partial charge < -0.3 is 4.74 Å². The fourth-order valence-electron chi connectivity index (χ4n) is 1.52. The third kappa shape index (κ3) is 3.47. The van der Waals surface area contributed by atoms with Crippen LogP contribution in [0.3, 0.4) is 0 Å². The van der Waals surface area contributed by atoms with Crippen molar-refractivity contribution < 1.29 is 9.13 Å². The number of alkyl halides is 1. The summed E-state index contributed by atoms with van der Waals surface area (Å²) in [5, 5.41) is 1.15. The van der Waals surface area contributed by atoms with Gasteiger partial charge in [-0.2, -0.15) is 0 Å². The molecule has 4 heteroatoms. The third-order valence-electron chi connectivity index (χ3n) is 2.46. The highest BCUT2D eigenvalue weighted by Gasteiger charge is 2.04. The van der Waals surface area contributed by atoms with Gasteiger partial charge in [-0.1, -0.05) is 45.7 Å². The number of benzene rings is 2.